The SMILES string of the molecule is Cc1nc(Cl)cc(-c2cscc2Br)n1. The summed E-state index contributed by atoms with van der Waals surface area (Å²) in [6.45, 7) is 1.83. The number of hydrogen-bond donors (Lipinski definition) is 0. The topological polar surface area (TPSA) is 25.8 Å². The molecule has 0 radical (unpaired) electrons. The molecule has 2 heterocycles. The zero-order valence-electron chi connectivity index (χ0n) is 7.29. The monoisotopic (exact) mass is 288 g/mol. The fourth-order valence-corrected chi connectivity index (χ4v) is 2.85. The number of nitrogens with zero attached hydrogens (tertiary/aromatic N) is 2. The zero-order chi connectivity index (χ0) is 10.1. The van der Waals surface area contributed by atoms with Crippen LogP contribution in [0.25, 0.3) is 11.3 Å². The van der Waals surface area contributed by atoms with Gasteiger partial charge in [-0.3, -0.25) is 0 Å². The molecule has 0 unspecified atom stereocenters. The summed E-state index contributed by atoms with van der Waals surface area (Å²) in [5.74, 6) is 0.686. The smallest absolute Gasteiger partial charge is 0.133 e. The molecule has 0 aliphatic rings. The van der Waals surface area contributed by atoms with Crippen LogP contribution >= 0.6 is 38.9 Å². The maximum Gasteiger partial charge on any atom is 0.133 e. The van der Waals surface area contributed by atoms with Crippen molar-refractivity contribution in [2.45, 2.75) is 6.92 Å². The van der Waals surface area contributed by atoms with Gasteiger partial charge >= 0.3 is 0 Å². The largest absolute Gasteiger partial charge is 0.233 e. The molecule has 2 aromatic rings. The van der Waals surface area contributed by atoms with Crippen LogP contribution in [0.2, 0.25) is 5.15 Å². The highest BCUT2D eigenvalue weighted by Crippen LogP contribution is 2.31. The highest BCUT2D eigenvalue weighted by atomic mass is 79.9. The van der Waals surface area contributed by atoms with Gasteiger partial charge in [0.1, 0.15) is 11.0 Å². The Hall–Kier alpha value is -0.450. The summed E-state index contributed by atoms with van der Waals surface area (Å²) in [4.78, 5) is 8.33. The van der Waals surface area contributed by atoms with Gasteiger partial charge in [0.2, 0.25) is 0 Å². The fraction of sp³-hybridized carbons (Fsp3) is 0.111. The van der Waals surface area contributed by atoms with E-state index in [9.17, 15) is 0 Å². The second-order valence-corrected chi connectivity index (χ2v) is 4.74. The summed E-state index contributed by atoms with van der Waals surface area (Å²) >= 11 is 10.9. The number of aryl methyl sites for hydroxylation is 1. The summed E-state index contributed by atoms with van der Waals surface area (Å²) in [7, 11) is 0. The van der Waals surface area contributed by atoms with Crippen LogP contribution in [-0.4, -0.2) is 9.97 Å². The first-order chi connectivity index (χ1) is 6.66. The van der Waals surface area contributed by atoms with Gasteiger partial charge in [-0.25, -0.2) is 9.97 Å². The Morgan fingerprint density at radius 1 is 1.36 bits per heavy atom. The third-order valence-electron chi connectivity index (χ3n) is 1.70. The fourth-order valence-electron chi connectivity index (χ4n) is 1.13. The average Bonchev–Trinajstić information content (AvgIpc) is 2.49. The molecular formula is C9H6BrClN2S. The van der Waals surface area contributed by atoms with Crippen LogP contribution in [0.4, 0.5) is 0 Å². The van der Waals surface area contributed by atoms with Crippen LogP contribution in [0.5, 0.6) is 0 Å². The highest BCUT2D eigenvalue weighted by Gasteiger charge is 2.07. The van der Waals surface area contributed by atoms with Crippen molar-refractivity contribution in [2.24, 2.45) is 0 Å². The summed E-state index contributed by atoms with van der Waals surface area (Å²) in [5.41, 5.74) is 1.91. The van der Waals surface area contributed by atoms with E-state index in [0.717, 1.165) is 15.7 Å². The molecule has 0 bridgehead atoms. The quantitative estimate of drug-likeness (QED) is 0.743. The highest BCUT2D eigenvalue weighted by molar-refractivity contribution is 9.10. The minimum Gasteiger partial charge on any atom is -0.233 e. The number of halogens is 2. The van der Waals surface area contributed by atoms with Gasteiger partial charge in [-0.05, 0) is 22.9 Å². The maximum absolute atomic E-state index is 5.86. The predicted octanol–water partition coefficient (Wildman–Crippen LogP) is 3.93. The van der Waals surface area contributed by atoms with Gasteiger partial charge in [0.15, 0.2) is 0 Å². The molecule has 5 heteroatoms. The van der Waals surface area contributed by atoms with E-state index in [2.05, 4.69) is 25.9 Å². The Morgan fingerprint density at radius 2 is 2.14 bits per heavy atom. The molecule has 2 aromatic heterocycles. The van der Waals surface area contributed by atoms with Crippen LogP contribution in [0, 0.1) is 6.92 Å². The molecule has 0 aliphatic carbocycles. The van der Waals surface area contributed by atoms with E-state index in [4.69, 9.17) is 11.6 Å². The molecule has 72 valence electrons. The van der Waals surface area contributed by atoms with E-state index in [-0.39, 0.29) is 0 Å². The van der Waals surface area contributed by atoms with Gasteiger partial charge in [0, 0.05) is 26.9 Å². The first-order valence-electron chi connectivity index (χ1n) is 3.90. The Kier molecular flexibility index (Phi) is 2.85. The van der Waals surface area contributed by atoms with Gasteiger partial charge in [-0.15, -0.1) is 0 Å². The number of hydrogen-bond acceptors (Lipinski definition) is 3. The van der Waals surface area contributed by atoms with E-state index in [1.54, 1.807) is 17.4 Å². The van der Waals surface area contributed by atoms with Crippen LogP contribution in [0.3, 0.4) is 0 Å². The second-order valence-electron chi connectivity index (χ2n) is 2.76. The lowest BCUT2D eigenvalue weighted by atomic mass is 10.2. The number of rotatable bonds is 1. The molecule has 0 amide bonds. The van der Waals surface area contributed by atoms with E-state index < -0.39 is 0 Å². The lowest BCUT2D eigenvalue weighted by molar-refractivity contribution is 1.06. The van der Waals surface area contributed by atoms with Crippen molar-refractivity contribution < 1.29 is 0 Å². The van der Waals surface area contributed by atoms with Crippen molar-refractivity contribution in [3.8, 4) is 11.3 Å². The van der Waals surface area contributed by atoms with Crippen LogP contribution in [-0.2, 0) is 0 Å². The number of thiophene rings is 1. The van der Waals surface area contributed by atoms with Gasteiger partial charge in [0.25, 0.3) is 0 Å². The lowest BCUT2D eigenvalue weighted by Crippen LogP contribution is -1.90. The Labute approximate surface area is 99.1 Å². The molecule has 0 aromatic carbocycles. The van der Waals surface area contributed by atoms with Crippen molar-refractivity contribution >= 4 is 38.9 Å². The second kappa shape index (κ2) is 3.96. The minimum atomic E-state index is 0.477. The zero-order valence-corrected chi connectivity index (χ0v) is 10.4. The maximum atomic E-state index is 5.86. The Balaban J connectivity index is 2.57. The van der Waals surface area contributed by atoms with Crippen molar-refractivity contribution in [1.29, 1.82) is 0 Å². The summed E-state index contributed by atoms with van der Waals surface area (Å²) < 4.78 is 1.04. The first-order valence-corrected chi connectivity index (χ1v) is 6.01. The van der Waals surface area contributed by atoms with Crippen molar-refractivity contribution in [1.82, 2.24) is 9.97 Å². The molecule has 2 rings (SSSR count). The van der Waals surface area contributed by atoms with Crippen LogP contribution < -0.4 is 0 Å². The summed E-state index contributed by atoms with van der Waals surface area (Å²) in [5, 5.41) is 4.52. The molecule has 0 saturated heterocycles. The predicted molar refractivity (Wildman–Crippen MR) is 62.8 cm³/mol. The van der Waals surface area contributed by atoms with Crippen molar-refractivity contribution in [2.75, 3.05) is 0 Å². The van der Waals surface area contributed by atoms with Gasteiger partial charge in [-0.1, -0.05) is 11.6 Å². The van der Waals surface area contributed by atoms with Gasteiger partial charge in [-0.2, -0.15) is 11.3 Å². The standard InChI is InChI=1S/C9H6BrClN2S/c1-5-12-8(2-9(11)13-5)6-3-14-4-7(6)10/h2-4H,1H3. The average molecular weight is 290 g/mol. The molecule has 0 spiro atoms. The van der Waals surface area contributed by atoms with E-state index in [1.165, 1.54) is 0 Å². The van der Waals surface area contributed by atoms with Gasteiger partial charge < -0.3 is 0 Å². The molecule has 0 atom stereocenters. The minimum absolute atomic E-state index is 0.477. The van der Waals surface area contributed by atoms with Crippen molar-refractivity contribution in [3.05, 3.63) is 32.3 Å². The van der Waals surface area contributed by atoms with Crippen LogP contribution in [0.1, 0.15) is 5.82 Å². The molecular weight excluding hydrogens is 284 g/mol. The van der Waals surface area contributed by atoms with E-state index >= 15 is 0 Å². The molecule has 0 N–H and O–H groups in total. The molecule has 14 heavy (non-hydrogen) atoms. The molecule has 0 aliphatic heterocycles. The normalized spacial score (nSPS) is 10.5. The molecule has 0 saturated carbocycles. The van der Waals surface area contributed by atoms with Crippen molar-refractivity contribution in [3.63, 3.8) is 0 Å². The third kappa shape index (κ3) is 1.97. The van der Waals surface area contributed by atoms with Gasteiger partial charge in [0.05, 0.1) is 5.69 Å². The summed E-state index contributed by atoms with van der Waals surface area (Å²) in [6, 6.07) is 1.77. The first kappa shape index (κ1) is 10.1. The number of aromatic nitrogens is 2. The molecule has 0 fully saturated rings. The Bertz CT molecular complexity index is 449. The third-order valence-corrected chi connectivity index (χ3v) is 3.59. The lowest BCUT2D eigenvalue weighted by Gasteiger charge is -2.00. The van der Waals surface area contributed by atoms with Crippen LogP contribution in [0.15, 0.2) is 21.3 Å². The van der Waals surface area contributed by atoms with E-state index in [1.807, 2.05) is 17.7 Å². The summed E-state index contributed by atoms with van der Waals surface area (Å²) in [6.07, 6.45) is 0. The van der Waals surface area contributed by atoms with E-state index in [0.29, 0.717) is 11.0 Å². The Morgan fingerprint density at radius 3 is 2.71 bits per heavy atom. The molecule has 2 nitrogen and oxygen atoms in total.